The number of alkyl halides is 1. The molecule has 0 saturated heterocycles. The molecule has 0 aliphatic heterocycles. The lowest BCUT2D eigenvalue weighted by Gasteiger charge is -2.24. The van der Waals surface area contributed by atoms with Crippen LogP contribution in [0.4, 0.5) is 0 Å². The van der Waals surface area contributed by atoms with Crippen molar-refractivity contribution >= 4 is 15.9 Å². The topological polar surface area (TPSA) is 9.23 Å². The van der Waals surface area contributed by atoms with Crippen LogP contribution >= 0.6 is 15.9 Å². The lowest BCUT2D eigenvalue weighted by molar-refractivity contribution is 0.412. The third-order valence-electron chi connectivity index (χ3n) is 4.23. The predicted molar refractivity (Wildman–Crippen MR) is 69.5 cm³/mol. The number of hydrogen-bond acceptors (Lipinski definition) is 1. The molecule has 0 aromatic heterocycles. The lowest BCUT2D eigenvalue weighted by atomic mass is 9.81. The van der Waals surface area contributed by atoms with Crippen LogP contribution in [0.25, 0.3) is 0 Å². The predicted octanol–water partition coefficient (Wildman–Crippen LogP) is 4.20. The minimum Gasteiger partial charge on any atom is -0.497 e. The minimum atomic E-state index is 0.513. The van der Waals surface area contributed by atoms with Crippen molar-refractivity contribution in [1.29, 1.82) is 0 Å². The summed E-state index contributed by atoms with van der Waals surface area (Å²) in [5.41, 5.74) is 4.63. The Labute approximate surface area is 105 Å². The SMILES string of the molecule is COc1cc2c3c(c1)C(Br)C(C)C3CCC2. The van der Waals surface area contributed by atoms with Crippen LogP contribution in [0.3, 0.4) is 0 Å². The first kappa shape index (κ1) is 10.6. The number of rotatable bonds is 1. The monoisotopic (exact) mass is 280 g/mol. The van der Waals surface area contributed by atoms with E-state index in [1.807, 2.05) is 0 Å². The van der Waals surface area contributed by atoms with Crippen LogP contribution < -0.4 is 4.74 Å². The van der Waals surface area contributed by atoms with Gasteiger partial charge in [-0.1, -0.05) is 22.9 Å². The maximum absolute atomic E-state index is 5.40. The summed E-state index contributed by atoms with van der Waals surface area (Å²) in [6.07, 6.45) is 3.91. The first-order valence-corrected chi connectivity index (χ1v) is 6.98. The van der Waals surface area contributed by atoms with Gasteiger partial charge in [-0.15, -0.1) is 0 Å². The normalized spacial score (nSPS) is 31.3. The Balaban J connectivity index is 2.20. The van der Waals surface area contributed by atoms with Crippen LogP contribution in [-0.2, 0) is 6.42 Å². The summed E-state index contributed by atoms with van der Waals surface area (Å²) < 4.78 is 5.40. The molecule has 1 nitrogen and oxygen atoms in total. The Bertz CT molecular complexity index is 427. The lowest BCUT2D eigenvalue weighted by Crippen LogP contribution is -2.11. The molecule has 1 aromatic rings. The van der Waals surface area contributed by atoms with E-state index >= 15 is 0 Å². The molecule has 0 radical (unpaired) electrons. The second-order valence-electron chi connectivity index (χ2n) is 5.05. The highest BCUT2D eigenvalue weighted by molar-refractivity contribution is 9.09. The van der Waals surface area contributed by atoms with Crippen molar-refractivity contribution in [3.8, 4) is 5.75 Å². The molecule has 16 heavy (non-hydrogen) atoms. The third-order valence-corrected chi connectivity index (χ3v) is 5.56. The fraction of sp³-hybridized carbons (Fsp3) is 0.571. The number of methoxy groups -OCH3 is 1. The number of benzene rings is 1. The van der Waals surface area contributed by atoms with Crippen LogP contribution in [0.15, 0.2) is 12.1 Å². The Morgan fingerprint density at radius 2 is 2.19 bits per heavy atom. The summed E-state index contributed by atoms with van der Waals surface area (Å²) in [5.74, 6) is 2.52. The molecule has 2 aliphatic rings. The van der Waals surface area contributed by atoms with Gasteiger partial charge in [0.25, 0.3) is 0 Å². The van der Waals surface area contributed by atoms with Crippen LogP contribution in [0, 0.1) is 5.92 Å². The highest BCUT2D eigenvalue weighted by atomic mass is 79.9. The van der Waals surface area contributed by atoms with Gasteiger partial charge >= 0.3 is 0 Å². The van der Waals surface area contributed by atoms with E-state index in [9.17, 15) is 0 Å². The molecular formula is C14H17BrO. The van der Waals surface area contributed by atoms with Gasteiger partial charge in [0.2, 0.25) is 0 Å². The number of ether oxygens (including phenoxy) is 1. The Kier molecular flexibility index (Phi) is 2.50. The van der Waals surface area contributed by atoms with Crippen LogP contribution in [0.2, 0.25) is 0 Å². The molecule has 3 atom stereocenters. The van der Waals surface area contributed by atoms with E-state index in [1.54, 1.807) is 12.7 Å². The Hall–Kier alpha value is -0.500. The van der Waals surface area contributed by atoms with Crippen molar-refractivity contribution in [1.82, 2.24) is 0 Å². The summed E-state index contributed by atoms with van der Waals surface area (Å²) >= 11 is 3.85. The Morgan fingerprint density at radius 3 is 2.94 bits per heavy atom. The number of aryl methyl sites for hydroxylation is 1. The molecule has 86 valence electrons. The molecule has 2 heteroatoms. The second kappa shape index (κ2) is 3.76. The standard InChI is InChI=1S/C14H17BrO/c1-8-11-5-3-4-9-6-10(16-2)7-12(13(9)11)14(8)15/h6-8,11,14H,3-5H2,1-2H3. The van der Waals surface area contributed by atoms with Crippen LogP contribution in [0.5, 0.6) is 5.75 Å². The van der Waals surface area contributed by atoms with Crippen molar-refractivity contribution in [3.63, 3.8) is 0 Å². The van der Waals surface area contributed by atoms with Crippen molar-refractivity contribution < 1.29 is 4.74 Å². The molecule has 0 N–H and O–H groups in total. The average molecular weight is 281 g/mol. The number of hydrogen-bond donors (Lipinski definition) is 0. The summed E-state index contributed by atoms with van der Waals surface area (Å²) in [4.78, 5) is 0.513. The van der Waals surface area contributed by atoms with Crippen molar-refractivity contribution in [2.24, 2.45) is 5.92 Å². The van der Waals surface area contributed by atoms with Gasteiger partial charge in [0.1, 0.15) is 5.75 Å². The average Bonchev–Trinajstić information content (AvgIpc) is 2.56. The summed E-state index contributed by atoms with van der Waals surface area (Å²) in [7, 11) is 1.76. The zero-order valence-corrected chi connectivity index (χ0v) is 11.4. The molecule has 0 spiro atoms. The van der Waals surface area contributed by atoms with Crippen molar-refractivity contribution in [3.05, 3.63) is 28.8 Å². The van der Waals surface area contributed by atoms with E-state index in [2.05, 4.69) is 35.0 Å². The highest BCUT2D eigenvalue weighted by Gasteiger charge is 2.39. The molecule has 0 bridgehead atoms. The van der Waals surface area contributed by atoms with Gasteiger partial charge in [0.05, 0.1) is 7.11 Å². The molecule has 3 rings (SSSR count). The first-order chi connectivity index (χ1) is 7.72. The van der Waals surface area contributed by atoms with Crippen molar-refractivity contribution in [2.45, 2.75) is 36.9 Å². The van der Waals surface area contributed by atoms with E-state index in [0.717, 1.165) is 17.6 Å². The van der Waals surface area contributed by atoms with Gasteiger partial charge in [-0.05, 0) is 59.9 Å². The fourth-order valence-corrected chi connectivity index (χ4v) is 4.13. The van der Waals surface area contributed by atoms with Crippen LogP contribution in [0.1, 0.15) is 47.2 Å². The van der Waals surface area contributed by atoms with E-state index in [-0.39, 0.29) is 0 Å². The number of halogens is 1. The smallest absolute Gasteiger partial charge is 0.119 e. The minimum absolute atomic E-state index is 0.513. The molecule has 2 aliphatic carbocycles. The maximum atomic E-state index is 5.40. The fourth-order valence-electron chi connectivity index (χ4n) is 3.38. The molecule has 0 fully saturated rings. The van der Waals surface area contributed by atoms with Gasteiger partial charge in [0.15, 0.2) is 0 Å². The zero-order chi connectivity index (χ0) is 11.3. The van der Waals surface area contributed by atoms with Crippen molar-refractivity contribution in [2.75, 3.05) is 7.11 Å². The third kappa shape index (κ3) is 1.35. The highest BCUT2D eigenvalue weighted by Crippen LogP contribution is 2.55. The second-order valence-corrected chi connectivity index (χ2v) is 6.04. The largest absolute Gasteiger partial charge is 0.497 e. The van der Waals surface area contributed by atoms with Gasteiger partial charge in [-0.2, -0.15) is 0 Å². The van der Waals surface area contributed by atoms with Gasteiger partial charge in [-0.3, -0.25) is 0 Å². The van der Waals surface area contributed by atoms with Gasteiger partial charge in [-0.25, -0.2) is 0 Å². The molecule has 0 saturated carbocycles. The molecule has 0 heterocycles. The van der Waals surface area contributed by atoms with Gasteiger partial charge < -0.3 is 4.74 Å². The Morgan fingerprint density at radius 1 is 1.38 bits per heavy atom. The summed E-state index contributed by atoms with van der Waals surface area (Å²) in [6.45, 7) is 2.37. The van der Waals surface area contributed by atoms with E-state index in [4.69, 9.17) is 4.74 Å². The molecule has 0 amide bonds. The quantitative estimate of drug-likeness (QED) is 0.701. The van der Waals surface area contributed by atoms with Crippen LogP contribution in [-0.4, -0.2) is 7.11 Å². The molecular weight excluding hydrogens is 264 g/mol. The summed E-state index contributed by atoms with van der Waals surface area (Å²) in [5, 5.41) is 0. The maximum Gasteiger partial charge on any atom is 0.119 e. The summed E-state index contributed by atoms with van der Waals surface area (Å²) in [6, 6.07) is 4.46. The molecule has 3 unspecified atom stereocenters. The first-order valence-electron chi connectivity index (χ1n) is 6.07. The van der Waals surface area contributed by atoms with Gasteiger partial charge in [0, 0.05) is 4.83 Å². The van der Waals surface area contributed by atoms with E-state index in [0.29, 0.717) is 4.83 Å². The van der Waals surface area contributed by atoms with E-state index < -0.39 is 0 Å². The zero-order valence-electron chi connectivity index (χ0n) is 9.79. The van der Waals surface area contributed by atoms with E-state index in [1.165, 1.54) is 30.4 Å². The molecule has 1 aromatic carbocycles.